The molecule has 3 rings (SSSR count). The van der Waals surface area contributed by atoms with Crippen LogP contribution in [-0.2, 0) is 20.9 Å². The summed E-state index contributed by atoms with van der Waals surface area (Å²) >= 11 is 0. The minimum atomic E-state index is -0.912. The maximum atomic E-state index is 13.4. The van der Waals surface area contributed by atoms with E-state index < -0.39 is 12.0 Å². The molecule has 0 spiro atoms. The lowest BCUT2D eigenvalue weighted by atomic mass is 10.1. The maximum absolute atomic E-state index is 13.4. The van der Waals surface area contributed by atoms with Gasteiger partial charge >= 0.3 is 5.97 Å². The molecule has 2 aromatic carbocycles. The van der Waals surface area contributed by atoms with E-state index in [0.29, 0.717) is 43.5 Å². The Bertz CT molecular complexity index is 929. The molecule has 2 aromatic rings. The Hall–Kier alpha value is -3.35. The van der Waals surface area contributed by atoms with Gasteiger partial charge in [-0.1, -0.05) is 56.3 Å². The van der Waals surface area contributed by atoms with E-state index in [9.17, 15) is 14.4 Å². The fraction of sp³-hybridized carbons (Fsp3) is 0.400. The van der Waals surface area contributed by atoms with Crippen LogP contribution in [0.3, 0.4) is 0 Å². The minimum absolute atomic E-state index is 0.178. The first kappa shape index (κ1) is 23.3. The molecule has 0 radical (unpaired) electrons. The lowest BCUT2D eigenvalue weighted by molar-refractivity contribution is -0.148. The summed E-state index contributed by atoms with van der Waals surface area (Å²) in [6.45, 7) is 5.34. The second-order valence-corrected chi connectivity index (χ2v) is 8.18. The second kappa shape index (κ2) is 11.3. The van der Waals surface area contributed by atoms with Gasteiger partial charge in [0.25, 0.3) is 5.91 Å². The van der Waals surface area contributed by atoms with Crippen LogP contribution in [0, 0.1) is 5.92 Å². The summed E-state index contributed by atoms with van der Waals surface area (Å²) in [5.74, 6) is -0.340. The maximum Gasteiger partial charge on any atom is 0.308 e. The van der Waals surface area contributed by atoms with Crippen molar-refractivity contribution in [3.8, 4) is 5.75 Å². The summed E-state index contributed by atoms with van der Waals surface area (Å²) in [4.78, 5) is 39.6. The third kappa shape index (κ3) is 6.33. The van der Waals surface area contributed by atoms with Gasteiger partial charge in [0.2, 0.25) is 5.91 Å². The lowest BCUT2D eigenvalue weighted by Crippen LogP contribution is -2.57. The van der Waals surface area contributed by atoms with E-state index in [1.807, 2.05) is 44.2 Å². The van der Waals surface area contributed by atoms with Crippen LogP contribution in [0.25, 0.3) is 0 Å². The van der Waals surface area contributed by atoms with E-state index >= 15 is 0 Å². The monoisotopic (exact) mass is 438 g/mol. The van der Waals surface area contributed by atoms with Gasteiger partial charge in [-0.2, -0.15) is 0 Å². The van der Waals surface area contributed by atoms with Crippen molar-refractivity contribution < 1.29 is 23.9 Å². The highest BCUT2D eigenvalue weighted by Gasteiger charge is 2.36. The number of nitrogens with one attached hydrogen (secondary N) is 1. The molecular weight excluding hydrogens is 408 g/mol. The van der Waals surface area contributed by atoms with Gasteiger partial charge in [-0.3, -0.25) is 14.4 Å². The molecule has 0 bridgehead atoms. The predicted molar refractivity (Wildman–Crippen MR) is 120 cm³/mol. The first-order valence-electron chi connectivity index (χ1n) is 11.0. The van der Waals surface area contributed by atoms with Crippen LogP contribution in [0.15, 0.2) is 54.6 Å². The number of carbonyl (C=O) groups excluding carboxylic acids is 3. The predicted octanol–water partition coefficient (Wildman–Crippen LogP) is 3.19. The van der Waals surface area contributed by atoms with Crippen LogP contribution >= 0.6 is 0 Å². The Morgan fingerprint density at radius 2 is 1.81 bits per heavy atom. The highest BCUT2D eigenvalue weighted by atomic mass is 16.5. The molecule has 0 saturated carbocycles. The number of esters is 1. The van der Waals surface area contributed by atoms with E-state index in [2.05, 4.69) is 5.32 Å². The van der Waals surface area contributed by atoms with Gasteiger partial charge in [-0.05, 0) is 30.0 Å². The van der Waals surface area contributed by atoms with E-state index in [0.717, 1.165) is 12.0 Å². The zero-order valence-corrected chi connectivity index (χ0v) is 18.6. The van der Waals surface area contributed by atoms with E-state index in [-0.39, 0.29) is 18.2 Å². The van der Waals surface area contributed by atoms with Gasteiger partial charge in [0.15, 0.2) is 0 Å². The van der Waals surface area contributed by atoms with Crippen molar-refractivity contribution in [3.05, 3.63) is 65.7 Å². The number of rotatable bonds is 9. The zero-order valence-electron chi connectivity index (χ0n) is 18.6. The molecule has 1 unspecified atom stereocenters. The number of carbonyl (C=O) groups is 3. The molecule has 1 fully saturated rings. The number of ether oxygens (including phenoxy) is 2. The molecule has 1 atom stereocenters. The van der Waals surface area contributed by atoms with Crippen LogP contribution < -0.4 is 10.1 Å². The van der Waals surface area contributed by atoms with Crippen LogP contribution in [0.1, 0.15) is 42.6 Å². The molecule has 1 heterocycles. The van der Waals surface area contributed by atoms with Gasteiger partial charge in [0.05, 0.1) is 18.6 Å². The number of amides is 2. The Balaban J connectivity index is 1.71. The fourth-order valence-electron chi connectivity index (χ4n) is 3.45. The first-order valence-corrected chi connectivity index (χ1v) is 11.0. The molecule has 32 heavy (non-hydrogen) atoms. The summed E-state index contributed by atoms with van der Waals surface area (Å²) in [7, 11) is 0. The van der Waals surface area contributed by atoms with Crippen molar-refractivity contribution in [2.75, 3.05) is 19.7 Å². The van der Waals surface area contributed by atoms with E-state index in [4.69, 9.17) is 9.47 Å². The SMILES string of the molecule is CC(C)CCOC(=O)CC1C(=O)NCCN1C(=O)c1ccccc1OCc1ccccc1. The average molecular weight is 439 g/mol. The molecule has 7 nitrogen and oxygen atoms in total. The van der Waals surface area contributed by atoms with Gasteiger partial charge in [-0.15, -0.1) is 0 Å². The summed E-state index contributed by atoms with van der Waals surface area (Å²) in [6.07, 6.45) is 0.570. The van der Waals surface area contributed by atoms with Gasteiger partial charge in [0, 0.05) is 13.1 Å². The number of piperazine rings is 1. The standard InChI is InChI=1S/C25H30N2O5/c1-18(2)12-15-31-23(28)16-21-24(29)26-13-14-27(21)25(30)20-10-6-7-11-22(20)32-17-19-8-4-3-5-9-19/h3-11,18,21H,12-17H2,1-2H3,(H,26,29). The molecular formula is C25H30N2O5. The number of hydrogen-bond acceptors (Lipinski definition) is 5. The molecule has 1 saturated heterocycles. The fourth-order valence-corrected chi connectivity index (χ4v) is 3.45. The molecule has 7 heteroatoms. The van der Waals surface area contributed by atoms with Crippen LogP contribution in [0.5, 0.6) is 5.75 Å². The molecule has 170 valence electrons. The summed E-state index contributed by atoms with van der Waals surface area (Å²) in [5, 5.41) is 2.74. The number of para-hydroxylation sites is 1. The van der Waals surface area contributed by atoms with Crippen molar-refractivity contribution in [1.82, 2.24) is 10.2 Å². The average Bonchev–Trinajstić information content (AvgIpc) is 2.79. The number of benzene rings is 2. The van der Waals surface area contributed by atoms with Crippen molar-refractivity contribution >= 4 is 17.8 Å². The molecule has 2 amide bonds. The highest BCUT2D eigenvalue weighted by molar-refractivity contribution is 6.01. The van der Waals surface area contributed by atoms with Crippen LogP contribution in [0.2, 0.25) is 0 Å². The Morgan fingerprint density at radius 3 is 2.56 bits per heavy atom. The summed E-state index contributed by atoms with van der Waals surface area (Å²) in [6, 6.07) is 15.7. The Morgan fingerprint density at radius 1 is 1.09 bits per heavy atom. The van der Waals surface area contributed by atoms with Crippen molar-refractivity contribution in [2.45, 2.75) is 39.3 Å². The molecule has 1 aliphatic heterocycles. The quantitative estimate of drug-likeness (QED) is 0.608. The topological polar surface area (TPSA) is 84.9 Å². The van der Waals surface area contributed by atoms with Gasteiger partial charge < -0.3 is 19.7 Å². The van der Waals surface area contributed by atoms with E-state index in [1.165, 1.54) is 4.90 Å². The molecule has 1 N–H and O–H groups in total. The lowest BCUT2D eigenvalue weighted by Gasteiger charge is -2.34. The van der Waals surface area contributed by atoms with Crippen molar-refractivity contribution in [1.29, 1.82) is 0 Å². The minimum Gasteiger partial charge on any atom is -0.488 e. The van der Waals surface area contributed by atoms with Crippen molar-refractivity contribution in [3.63, 3.8) is 0 Å². The van der Waals surface area contributed by atoms with Gasteiger partial charge in [0.1, 0.15) is 18.4 Å². The Labute approximate surface area is 188 Å². The van der Waals surface area contributed by atoms with Gasteiger partial charge in [-0.25, -0.2) is 0 Å². The largest absolute Gasteiger partial charge is 0.488 e. The first-order chi connectivity index (χ1) is 15.5. The Kier molecular flexibility index (Phi) is 8.25. The summed E-state index contributed by atoms with van der Waals surface area (Å²) < 4.78 is 11.2. The number of hydrogen-bond donors (Lipinski definition) is 1. The second-order valence-electron chi connectivity index (χ2n) is 8.18. The third-order valence-corrected chi connectivity index (χ3v) is 5.26. The molecule has 0 aromatic heterocycles. The smallest absolute Gasteiger partial charge is 0.308 e. The van der Waals surface area contributed by atoms with Crippen LogP contribution in [-0.4, -0.2) is 48.4 Å². The highest BCUT2D eigenvalue weighted by Crippen LogP contribution is 2.24. The molecule has 1 aliphatic rings. The third-order valence-electron chi connectivity index (χ3n) is 5.26. The molecule has 0 aliphatic carbocycles. The summed E-state index contributed by atoms with van der Waals surface area (Å²) in [5.41, 5.74) is 1.34. The zero-order chi connectivity index (χ0) is 22.9. The van der Waals surface area contributed by atoms with Crippen LogP contribution in [0.4, 0.5) is 0 Å². The van der Waals surface area contributed by atoms with E-state index in [1.54, 1.807) is 24.3 Å². The number of nitrogens with zero attached hydrogens (tertiary/aromatic N) is 1. The normalized spacial score (nSPS) is 15.9. The van der Waals surface area contributed by atoms with Crippen molar-refractivity contribution in [2.24, 2.45) is 5.92 Å².